The maximum Gasteiger partial charge on any atom is 0.160 e. The fourth-order valence-corrected chi connectivity index (χ4v) is 2.07. The van der Waals surface area contributed by atoms with Gasteiger partial charge in [0.2, 0.25) is 0 Å². The minimum Gasteiger partial charge on any atom is -0.294 e. The zero-order valence-corrected chi connectivity index (χ0v) is 10.3. The van der Waals surface area contributed by atoms with Crippen LogP contribution in [0.15, 0.2) is 36.7 Å². The van der Waals surface area contributed by atoms with Crippen molar-refractivity contribution in [3.05, 3.63) is 48.0 Å². The van der Waals surface area contributed by atoms with Gasteiger partial charge in [-0.05, 0) is 25.3 Å². The largest absolute Gasteiger partial charge is 0.294 e. The Morgan fingerprint density at radius 3 is 2.44 bits per heavy atom. The van der Waals surface area contributed by atoms with E-state index in [9.17, 15) is 4.79 Å². The minimum atomic E-state index is 0.0665. The third-order valence-electron chi connectivity index (χ3n) is 3.23. The van der Waals surface area contributed by atoms with E-state index in [1.165, 1.54) is 12.8 Å². The van der Waals surface area contributed by atoms with Crippen molar-refractivity contribution >= 4 is 5.78 Å². The highest BCUT2D eigenvalue weighted by molar-refractivity contribution is 6.00. The second kappa shape index (κ2) is 4.33. The number of benzene rings is 1. The summed E-state index contributed by atoms with van der Waals surface area (Å²) in [6, 6.07) is 7.58. The van der Waals surface area contributed by atoms with Crippen molar-refractivity contribution in [3.8, 4) is 11.1 Å². The van der Waals surface area contributed by atoms with Gasteiger partial charge in [0, 0.05) is 29.4 Å². The minimum absolute atomic E-state index is 0.0665. The Balaban J connectivity index is 2.01. The molecular weight excluding hydrogens is 224 g/mol. The van der Waals surface area contributed by atoms with Gasteiger partial charge in [0.1, 0.15) is 5.82 Å². The van der Waals surface area contributed by atoms with E-state index in [1.54, 1.807) is 6.92 Å². The first kappa shape index (κ1) is 11.1. The molecular formula is C15H14N2O. The molecule has 3 heteroatoms. The van der Waals surface area contributed by atoms with Crippen LogP contribution in [0.3, 0.4) is 0 Å². The molecule has 1 aromatic carbocycles. The van der Waals surface area contributed by atoms with Crippen LogP contribution in [0, 0.1) is 0 Å². The van der Waals surface area contributed by atoms with Crippen LogP contribution in [-0.2, 0) is 0 Å². The van der Waals surface area contributed by atoms with E-state index in [0.717, 1.165) is 22.5 Å². The Morgan fingerprint density at radius 1 is 1.17 bits per heavy atom. The Bertz CT molecular complexity index is 586. The summed E-state index contributed by atoms with van der Waals surface area (Å²) in [5, 5.41) is 0. The van der Waals surface area contributed by atoms with E-state index in [1.807, 2.05) is 36.7 Å². The second-order valence-electron chi connectivity index (χ2n) is 4.71. The summed E-state index contributed by atoms with van der Waals surface area (Å²) >= 11 is 0. The Kier molecular flexibility index (Phi) is 2.67. The molecule has 1 aliphatic carbocycles. The fourth-order valence-electron chi connectivity index (χ4n) is 2.07. The van der Waals surface area contributed by atoms with E-state index in [2.05, 4.69) is 9.97 Å². The van der Waals surface area contributed by atoms with Crippen molar-refractivity contribution in [2.24, 2.45) is 0 Å². The monoisotopic (exact) mass is 238 g/mol. The van der Waals surface area contributed by atoms with Gasteiger partial charge < -0.3 is 0 Å². The Labute approximate surface area is 106 Å². The van der Waals surface area contributed by atoms with Gasteiger partial charge in [-0.3, -0.25) is 4.79 Å². The molecule has 3 rings (SSSR count). The van der Waals surface area contributed by atoms with Gasteiger partial charge in [0.05, 0.1) is 0 Å². The summed E-state index contributed by atoms with van der Waals surface area (Å²) < 4.78 is 0. The van der Waals surface area contributed by atoms with Gasteiger partial charge in [0.25, 0.3) is 0 Å². The molecule has 0 unspecified atom stereocenters. The molecule has 2 aromatic rings. The average Bonchev–Trinajstić information content (AvgIpc) is 3.23. The number of hydrogen-bond acceptors (Lipinski definition) is 3. The third-order valence-corrected chi connectivity index (χ3v) is 3.23. The van der Waals surface area contributed by atoms with Crippen LogP contribution in [0.2, 0.25) is 0 Å². The molecule has 1 aromatic heterocycles. The summed E-state index contributed by atoms with van der Waals surface area (Å²) in [5.41, 5.74) is 2.54. The van der Waals surface area contributed by atoms with E-state index in [-0.39, 0.29) is 5.78 Å². The summed E-state index contributed by atoms with van der Waals surface area (Å²) in [6.45, 7) is 1.58. The predicted molar refractivity (Wildman–Crippen MR) is 69.4 cm³/mol. The zero-order chi connectivity index (χ0) is 12.5. The second-order valence-corrected chi connectivity index (χ2v) is 4.71. The van der Waals surface area contributed by atoms with Gasteiger partial charge in [-0.15, -0.1) is 0 Å². The standard InChI is InChI=1S/C15H14N2O/c1-10(18)13-4-2-3-5-14(13)12-8-16-15(17-9-12)11-6-7-11/h2-5,8-9,11H,6-7H2,1H3. The average molecular weight is 238 g/mol. The third kappa shape index (κ3) is 2.04. The SMILES string of the molecule is CC(=O)c1ccccc1-c1cnc(C2CC2)nc1. The predicted octanol–water partition coefficient (Wildman–Crippen LogP) is 3.22. The lowest BCUT2D eigenvalue weighted by atomic mass is 10.00. The fraction of sp³-hybridized carbons (Fsp3) is 0.267. The maximum atomic E-state index is 11.6. The molecule has 0 spiro atoms. The zero-order valence-electron chi connectivity index (χ0n) is 10.3. The van der Waals surface area contributed by atoms with Crippen LogP contribution in [0.1, 0.15) is 41.9 Å². The molecule has 0 aliphatic heterocycles. The molecule has 0 radical (unpaired) electrons. The number of hydrogen-bond donors (Lipinski definition) is 0. The summed E-state index contributed by atoms with van der Waals surface area (Å²) in [6.07, 6.45) is 6.04. The van der Waals surface area contributed by atoms with Crippen molar-refractivity contribution in [2.75, 3.05) is 0 Å². The highest BCUT2D eigenvalue weighted by Crippen LogP contribution is 2.38. The molecule has 1 saturated carbocycles. The lowest BCUT2D eigenvalue weighted by Gasteiger charge is -2.06. The topological polar surface area (TPSA) is 42.9 Å². The van der Waals surface area contributed by atoms with Gasteiger partial charge in [-0.2, -0.15) is 0 Å². The van der Waals surface area contributed by atoms with Crippen LogP contribution in [0.4, 0.5) is 0 Å². The van der Waals surface area contributed by atoms with Gasteiger partial charge in [-0.25, -0.2) is 9.97 Å². The maximum absolute atomic E-state index is 11.6. The summed E-state index contributed by atoms with van der Waals surface area (Å²) in [7, 11) is 0. The lowest BCUT2D eigenvalue weighted by molar-refractivity contribution is 0.101. The number of carbonyl (C=O) groups is 1. The van der Waals surface area contributed by atoms with Gasteiger partial charge in [-0.1, -0.05) is 24.3 Å². The van der Waals surface area contributed by atoms with Crippen LogP contribution in [0.5, 0.6) is 0 Å². The van der Waals surface area contributed by atoms with Crippen LogP contribution in [-0.4, -0.2) is 15.8 Å². The van der Waals surface area contributed by atoms with E-state index < -0.39 is 0 Å². The quantitative estimate of drug-likeness (QED) is 0.771. The van der Waals surface area contributed by atoms with Crippen LogP contribution >= 0.6 is 0 Å². The van der Waals surface area contributed by atoms with Crippen molar-refractivity contribution in [1.29, 1.82) is 0 Å². The first-order chi connectivity index (χ1) is 8.75. The number of ketones is 1. The van der Waals surface area contributed by atoms with Crippen LogP contribution < -0.4 is 0 Å². The molecule has 0 N–H and O–H groups in total. The number of nitrogens with zero attached hydrogens (tertiary/aromatic N) is 2. The molecule has 0 saturated heterocycles. The molecule has 1 aliphatic rings. The van der Waals surface area contributed by atoms with Crippen molar-refractivity contribution in [3.63, 3.8) is 0 Å². The molecule has 1 heterocycles. The Hall–Kier alpha value is -2.03. The highest BCUT2D eigenvalue weighted by atomic mass is 16.1. The highest BCUT2D eigenvalue weighted by Gasteiger charge is 2.26. The van der Waals surface area contributed by atoms with Crippen molar-refractivity contribution in [1.82, 2.24) is 9.97 Å². The molecule has 18 heavy (non-hydrogen) atoms. The smallest absolute Gasteiger partial charge is 0.160 e. The normalized spacial score (nSPS) is 14.5. The van der Waals surface area contributed by atoms with E-state index in [4.69, 9.17) is 0 Å². The first-order valence-corrected chi connectivity index (χ1v) is 6.18. The van der Waals surface area contributed by atoms with Gasteiger partial charge >= 0.3 is 0 Å². The molecule has 90 valence electrons. The van der Waals surface area contributed by atoms with Gasteiger partial charge in [0.15, 0.2) is 5.78 Å². The molecule has 3 nitrogen and oxygen atoms in total. The molecule has 0 bridgehead atoms. The summed E-state index contributed by atoms with van der Waals surface area (Å²) in [5.74, 6) is 1.55. The molecule has 1 fully saturated rings. The number of rotatable bonds is 3. The van der Waals surface area contributed by atoms with E-state index in [0.29, 0.717) is 5.92 Å². The summed E-state index contributed by atoms with van der Waals surface area (Å²) in [4.78, 5) is 20.4. The number of Topliss-reactive ketones (excluding diaryl/α,β-unsaturated/α-hetero) is 1. The lowest BCUT2D eigenvalue weighted by Crippen LogP contribution is -1.98. The first-order valence-electron chi connectivity index (χ1n) is 6.18. The van der Waals surface area contributed by atoms with Crippen LogP contribution in [0.25, 0.3) is 11.1 Å². The van der Waals surface area contributed by atoms with Crippen molar-refractivity contribution < 1.29 is 4.79 Å². The number of carbonyl (C=O) groups excluding carboxylic acids is 1. The number of aromatic nitrogens is 2. The molecule has 0 amide bonds. The Morgan fingerprint density at radius 2 is 1.83 bits per heavy atom. The molecule has 0 atom stereocenters. The van der Waals surface area contributed by atoms with E-state index >= 15 is 0 Å². The van der Waals surface area contributed by atoms with Crippen molar-refractivity contribution in [2.45, 2.75) is 25.7 Å².